The molecule has 1 aliphatic carbocycles. The van der Waals surface area contributed by atoms with Crippen LogP contribution < -0.4 is 5.32 Å². The molecule has 110 valence electrons. The van der Waals surface area contributed by atoms with Gasteiger partial charge in [-0.15, -0.1) is 0 Å². The first kappa shape index (κ1) is 14.6. The molecule has 0 spiro atoms. The minimum absolute atomic E-state index is 0.181. The van der Waals surface area contributed by atoms with E-state index in [1.165, 1.54) is 0 Å². The van der Waals surface area contributed by atoms with Gasteiger partial charge in [0.2, 0.25) is 0 Å². The molecule has 2 aliphatic rings. The van der Waals surface area contributed by atoms with E-state index in [4.69, 9.17) is 9.47 Å². The minimum Gasteiger partial charge on any atom is -0.444 e. The zero-order valence-electron chi connectivity index (χ0n) is 12.3. The Hall–Kier alpha value is -0.810. The van der Waals surface area contributed by atoms with Gasteiger partial charge in [0, 0.05) is 31.8 Å². The summed E-state index contributed by atoms with van der Waals surface area (Å²) in [5.74, 6) is 0. The maximum Gasteiger partial charge on any atom is 0.410 e. The summed E-state index contributed by atoms with van der Waals surface area (Å²) in [6.45, 7) is 8.88. The second kappa shape index (κ2) is 6.09. The van der Waals surface area contributed by atoms with E-state index in [9.17, 15) is 4.79 Å². The van der Waals surface area contributed by atoms with Crippen molar-refractivity contribution in [1.82, 2.24) is 10.2 Å². The molecule has 0 aromatic heterocycles. The number of nitrogens with one attached hydrogen (secondary N) is 1. The first-order chi connectivity index (χ1) is 8.96. The fourth-order valence-corrected chi connectivity index (χ4v) is 2.21. The topological polar surface area (TPSA) is 50.8 Å². The highest BCUT2D eigenvalue weighted by Crippen LogP contribution is 2.28. The molecule has 1 heterocycles. The highest BCUT2D eigenvalue weighted by atomic mass is 16.6. The summed E-state index contributed by atoms with van der Waals surface area (Å²) in [5, 5.41) is 3.44. The molecule has 2 rings (SSSR count). The predicted molar refractivity (Wildman–Crippen MR) is 73.2 cm³/mol. The van der Waals surface area contributed by atoms with Crippen molar-refractivity contribution < 1.29 is 14.3 Å². The summed E-state index contributed by atoms with van der Waals surface area (Å²) in [7, 11) is 0. The standard InChI is InChI=1S/C14H26N2O3/c1-14(2,3)19-13(17)16(12-4-5-12)8-7-15-11-6-9-18-10-11/h11-12,15H,4-10H2,1-3H3. The lowest BCUT2D eigenvalue weighted by molar-refractivity contribution is 0.0234. The SMILES string of the molecule is CC(C)(C)OC(=O)N(CCNC1CCOC1)C1CC1. The average molecular weight is 270 g/mol. The number of rotatable bonds is 5. The number of hydrogen-bond donors (Lipinski definition) is 1. The third-order valence-corrected chi connectivity index (χ3v) is 3.33. The van der Waals surface area contributed by atoms with E-state index in [0.29, 0.717) is 12.1 Å². The largest absolute Gasteiger partial charge is 0.444 e. The van der Waals surface area contributed by atoms with Gasteiger partial charge >= 0.3 is 6.09 Å². The van der Waals surface area contributed by atoms with Gasteiger partial charge in [-0.25, -0.2) is 4.79 Å². The predicted octanol–water partition coefficient (Wildman–Crippen LogP) is 1.76. The van der Waals surface area contributed by atoms with E-state index >= 15 is 0 Å². The molecule has 19 heavy (non-hydrogen) atoms. The maximum atomic E-state index is 12.1. The van der Waals surface area contributed by atoms with Gasteiger partial charge in [-0.3, -0.25) is 0 Å². The molecule has 1 saturated heterocycles. The Morgan fingerprint density at radius 2 is 2.11 bits per heavy atom. The number of carbonyl (C=O) groups excluding carboxylic acids is 1. The van der Waals surface area contributed by atoms with Crippen LogP contribution in [0.5, 0.6) is 0 Å². The lowest BCUT2D eigenvalue weighted by Gasteiger charge is -2.27. The summed E-state index contributed by atoms with van der Waals surface area (Å²) in [6.07, 6.45) is 3.09. The maximum absolute atomic E-state index is 12.1. The van der Waals surface area contributed by atoms with Gasteiger partial charge in [0.25, 0.3) is 0 Å². The fraction of sp³-hybridized carbons (Fsp3) is 0.929. The molecule has 5 nitrogen and oxygen atoms in total. The molecule has 0 aromatic carbocycles. The lowest BCUT2D eigenvalue weighted by atomic mass is 10.2. The van der Waals surface area contributed by atoms with Crippen LogP contribution in [0.2, 0.25) is 0 Å². The third-order valence-electron chi connectivity index (χ3n) is 3.33. The molecular formula is C14H26N2O3. The normalized spacial score (nSPS) is 23.4. The molecular weight excluding hydrogens is 244 g/mol. The fourth-order valence-electron chi connectivity index (χ4n) is 2.21. The molecule has 1 saturated carbocycles. The van der Waals surface area contributed by atoms with Crippen molar-refractivity contribution in [3.05, 3.63) is 0 Å². The summed E-state index contributed by atoms with van der Waals surface area (Å²) >= 11 is 0. The van der Waals surface area contributed by atoms with E-state index in [2.05, 4.69) is 5.32 Å². The molecule has 0 radical (unpaired) electrons. The monoisotopic (exact) mass is 270 g/mol. The molecule has 1 aliphatic heterocycles. The van der Waals surface area contributed by atoms with Crippen molar-refractivity contribution in [2.45, 2.75) is 57.7 Å². The van der Waals surface area contributed by atoms with Gasteiger partial charge in [-0.05, 0) is 40.0 Å². The number of hydrogen-bond acceptors (Lipinski definition) is 4. The van der Waals surface area contributed by atoms with Crippen molar-refractivity contribution in [2.75, 3.05) is 26.3 Å². The van der Waals surface area contributed by atoms with Gasteiger partial charge in [0.15, 0.2) is 0 Å². The summed E-state index contributed by atoms with van der Waals surface area (Å²) in [4.78, 5) is 14.0. The van der Waals surface area contributed by atoms with E-state index in [-0.39, 0.29) is 6.09 Å². The Kier molecular flexibility index (Phi) is 4.68. The summed E-state index contributed by atoms with van der Waals surface area (Å²) < 4.78 is 10.8. The van der Waals surface area contributed by atoms with Crippen molar-refractivity contribution >= 4 is 6.09 Å². The van der Waals surface area contributed by atoms with Crippen LogP contribution in [0.15, 0.2) is 0 Å². The second-order valence-corrected chi connectivity index (χ2v) is 6.42. The molecule has 1 unspecified atom stereocenters. The average Bonchev–Trinajstić information content (AvgIpc) is 2.99. The van der Waals surface area contributed by atoms with E-state index in [1.807, 2.05) is 25.7 Å². The van der Waals surface area contributed by atoms with Crippen molar-refractivity contribution in [3.63, 3.8) is 0 Å². The Labute approximate surface area is 115 Å². The molecule has 1 N–H and O–H groups in total. The van der Waals surface area contributed by atoms with Gasteiger partial charge in [-0.2, -0.15) is 0 Å². The minimum atomic E-state index is -0.420. The molecule has 0 bridgehead atoms. The van der Waals surface area contributed by atoms with Crippen LogP contribution in [0.4, 0.5) is 4.79 Å². The molecule has 5 heteroatoms. The Balaban J connectivity index is 1.74. The van der Waals surface area contributed by atoms with Crippen molar-refractivity contribution in [2.24, 2.45) is 0 Å². The van der Waals surface area contributed by atoms with Crippen LogP contribution >= 0.6 is 0 Å². The summed E-state index contributed by atoms with van der Waals surface area (Å²) in [6, 6.07) is 0.830. The molecule has 1 amide bonds. The smallest absolute Gasteiger partial charge is 0.410 e. The zero-order chi connectivity index (χ0) is 13.9. The number of amides is 1. The van der Waals surface area contributed by atoms with E-state index in [1.54, 1.807) is 0 Å². The van der Waals surface area contributed by atoms with Gasteiger partial charge in [0.05, 0.1) is 6.61 Å². The summed E-state index contributed by atoms with van der Waals surface area (Å²) in [5.41, 5.74) is -0.420. The molecule has 1 atom stereocenters. The highest BCUT2D eigenvalue weighted by molar-refractivity contribution is 5.69. The van der Waals surface area contributed by atoms with Gasteiger partial charge in [0.1, 0.15) is 5.60 Å². The number of carbonyl (C=O) groups is 1. The first-order valence-corrected chi connectivity index (χ1v) is 7.26. The van der Waals surface area contributed by atoms with Gasteiger partial charge < -0.3 is 19.7 Å². The van der Waals surface area contributed by atoms with E-state index in [0.717, 1.165) is 45.6 Å². The quantitative estimate of drug-likeness (QED) is 0.827. The third kappa shape index (κ3) is 4.99. The molecule has 0 aromatic rings. The van der Waals surface area contributed by atoms with Crippen molar-refractivity contribution in [3.8, 4) is 0 Å². The lowest BCUT2D eigenvalue weighted by Crippen LogP contribution is -2.43. The number of nitrogens with zero attached hydrogens (tertiary/aromatic N) is 1. The first-order valence-electron chi connectivity index (χ1n) is 7.26. The van der Waals surface area contributed by atoms with Crippen LogP contribution in [0.25, 0.3) is 0 Å². The number of ether oxygens (including phenoxy) is 2. The Bertz CT molecular complexity index is 304. The molecule has 2 fully saturated rings. The second-order valence-electron chi connectivity index (χ2n) is 6.42. The highest BCUT2D eigenvalue weighted by Gasteiger charge is 2.34. The van der Waals surface area contributed by atoms with E-state index < -0.39 is 5.60 Å². The van der Waals surface area contributed by atoms with Crippen LogP contribution in [-0.2, 0) is 9.47 Å². The Morgan fingerprint density at radius 3 is 2.63 bits per heavy atom. The van der Waals surface area contributed by atoms with Crippen LogP contribution in [-0.4, -0.2) is 55.0 Å². The zero-order valence-corrected chi connectivity index (χ0v) is 12.3. The van der Waals surface area contributed by atoms with Gasteiger partial charge in [-0.1, -0.05) is 0 Å². The van der Waals surface area contributed by atoms with Crippen molar-refractivity contribution in [1.29, 1.82) is 0 Å². The van der Waals surface area contributed by atoms with Crippen LogP contribution in [0, 0.1) is 0 Å². The Morgan fingerprint density at radius 1 is 1.37 bits per heavy atom. The van der Waals surface area contributed by atoms with Crippen LogP contribution in [0.3, 0.4) is 0 Å². The van der Waals surface area contributed by atoms with Crippen LogP contribution in [0.1, 0.15) is 40.0 Å².